The SMILES string of the molecule is C=CCNCC=C.CC(C)(O)c1ccccc1CC[C@@H](SCC1(CC(=O)O)CC1)c1cccc(/C=C/c2ccc3ccc(Cl)cc3n2)c1.N. The number of hydrogen-bond acceptors (Lipinski definition) is 6. The summed E-state index contributed by atoms with van der Waals surface area (Å²) in [7, 11) is 0. The fraction of sp³-hybridized carbons (Fsp3) is 0.317. The van der Waals surface area contributed by atoms with Gasteiger partial charge in [0.25, 0.3) is 0 Å². The van der Waals surface area contributed by atoms with Crippen molar-refractivity contribution in [1.29, 1.82) is 0 Å². The quantitative estimate of drug-likeness (QED) is 0.0679. The first kappa shape index (κ1) is 39.7. The molecule has 1 saturated carbocycles. The molecule has 4 aromatic rings. The van der Waals surface area contributed by atoms with Crippen LogP contribution in [0.15, 0.2) is 104 Å². The number of aliphatic carboxylic acids is 1. The van der Waals surface area contributed by atoms with Crippen LogP contribution < -0.4 is 11.5 Å². The van der Waals surface area contributed by atoms with Crippen LogP contribution in [0.2, 0.25) is 5.02 Å². The normalized spacial score (nSPS) is 14.0. The molecule has 49 heavy (non-hydrogen) atoms. The third-order valence-electron chi connectivity index (χ3n) is 8.41. The highest BCUT2D eigenvalue weighted by atomic mass is 35.5. The van der Waals surface area contributed by atoms with Crippen molar-refractivity contribution < 1.29 is 15.0 Å². The summed E-state index contributed by atoms with van der Waals surface area (Å²) in [5, 5.41) is 25.1. The van der Waals surface area contributed by atoms with E-state index in [2.05, 4.69) is 60.9 Å². The Balaban J connectivity index is 0.000000735. The van der Waals surface area contributed by atoms with Gasteiger partial charge in [-0.1, -0.05) is 90.5 Å². The Bertz CT molecular complexity index is 1720. The zero-order valence-electron chi connectivity index (χ0n) is 28.7. The molecule has 8 heteroatoms. The van der Waals surface area contributed by atoms with Crippen LogP contribution >= 0.6 is 23.4 Å². The molecule has 1 atom stereocenters. The van der Waals surface area contributed by atoms with Crippen molar-refractivity contribution in [3.05, 3.63) is 137 Å². The van der Waals surface area contributed by atoms with Gasteiger partial charge in [-0.2, -0.15) is 11.8 Å². The molecule has 0 saturated heterocycles. The topological polar surface area (TPSA) is 117 Å². The molecule has 0 amide bonds. The zero-order valence-corrected chi connectivity index (χ0v) is 30.3. The second kappa shape index (κ2) is 18.9. The van der Waals surface area contributed by atoms with Crippen LogP contribution in [0.25, 0.3) is 23.1 Å². The number of aliphatic hydroxyl groups is 1. The number of benzene rings is 3. The largest absolute Gasteiger partial charge is 0.481 e. The maximum atomic E-state index is 11.5. The average Bonchev–Trinajstić information content (AvgIpc) is 3.82. The van der Waals surface area contributed by atoms with Crippen LogP contribution in [0.1, 0.15) is 72.7 Å². The van der Waals surface area contributed by atoms with Crippen molar-refractivity contribution >= 4 is 52.4 Å². The fourth-order valence-corrected chi connectivity index (χ4v) is 7.38. The minimum absolute atomic E-state index is 0. The Labute approximate surface area is 301 Å². The molecule has 0 aliphatic heterocycles. The number of aromatic nitrogens is 1. The lowest BCUT2D eigenvalue weighted by Crippen LogP contribution is -2.18. The summed E-state index contributed by atoms with van der Waals surface area (Å²) < 4.78 is 0. The van der Waals surface area contributed by atoms with Gasteiger partial charge in [0, 0.05) is 34.5 Å². The number of halogens is 1. The number of nitrogens with zero attached hydrogens (tertiary/aromatic N) is 1. The Morgan fingerprint density at radius 1 is 1.02 bits per heavy atom. The number of thioether (sulfide) groups is 1. The molecule has 1 aromatic heterocycles. The number of carbonyl (C=O) groups is 1. The van der Waals surface area contributed by atoms with Gasteiger partial charge in [0.15, 0.2) is 0 Å². The van der Waals surface area contributed by atoms with Gasteiger partial charge in [-0.15, -0.1) is 13.2 Å². The Morgan fingerprint density at radius 2 is 1.73 bits per heavy atom. The Hall–Kier alpha value is -3.72. The molecule has 0 unspecified atom stereocenters. The molecule has 1 fully saturated rings. The lowest BCUT2D eigenvalue weighted by molar-refractivity contribution is -0.138. The van der Waals surface area contributed by atoms with Crippen molar-refractivity contribution in [3.63, 3.8) is 0 Å². The smallest absolute Gasteiger partial charge is 0.303 e. The lowest BCUT2D eigenvalue weighted by atomic mass is 9.90. The molecule has 6 N–H and O–H groups in total. The standard InChI is InChI=1S/C35H36ClNO3S.C6H11N.H3N/c1-34(2,40)30-9-4-3-7-25(30)13-17-32(41-23-35(18-19-35)22-33(38)39)27-8-5-6-24(20-27)10-15-29-16-12-26-11-14-28(36)21-31(26)37-29;1-3-5-7-6-4-2;/h3-12,14-16,20-21,32,40H,13,17-19,22-23H2,1-2H3,(H,38,39);3-4,7H,1-2,5-6H2;1H3/b15-10+;;/t32-;;/m1../s1. The van der Waals surface area contributed by atoms with Crippen molar-refractivity contribution in [2.75, 3.05) is 18.8 Å². The minimum Gasteiger partial charge on any atom is -0.481 e. The number of pyridine rings is 1. The number of aryl methyl sites for hydroxylation is 1. The highest BCUT2D eigenvalue weighted by Gasteiger charge is 2.44. The summed E-state index contributed by atoms with van der Waals surface area (Å²) >= 11 is 8.04. The van der Waals surface area contributed by atoms with E-state index in [4.69, 9.17) is 16.6 Å². The van der Waals surface area contributed by atoms with Crippen molar-refractivity contribution in [2.24, 2.45) is 5.41 Å². The minimum atomic E-state index is -0.911. The molecule has 6 nitrogen and oxygen atoms in total. The molecule has 260 valence electrons. The highest BCUT2D eigenvalue weighted by molar-refractivity contribution is 7.99. The van der Waals surface area contributed by atoms with Crippen LogP contribution in [0, 0.1) is 5.41 Å². The van der Waals surface area contributed by atoms with Crippen LogP contribution in [-0.2, 0) is 16.8 Å². The van der Waals surface area contributed by atoms with Crippen molar-refractivity contribution in [3.8, 4) is 0 Å². The predicted octanol–water partition coefficient (Wildman–Crippen LogP) is 10.1. The van der Waals surface area contributed by atoms with E-state index in [0.29, 0.717) is 5.02 Å². The number of rotatable bonds is 16. The van der Waals surface area contributed by atoms with E-state index < -0.39 is 11.6 Å². The maximum absolute atomic E-state index is 11.5. The fourth-order valence-electron chi connectivity index (χ4n) is 5.65. The van der Waals surface area contributed by atoms with Gasteiger partial charge in [0.05, 0.1) is 23.2 Å². The van der Waals surface area contributed by atoms with Crippen LogP contribution in [-0.4, -0.2) is 40.0 Å². The average molecular weight is 700 g/mol. The van der Waals surface area contributed by atoms with E-state index in [1.54, 1.807) is 0 Å². The molecule has 1 aliphatic carbocycles. The van der Waals surface area contributed by atoms with E-state index in [9.17, 15) is 15.0 Å². The predicted molar refractivity (Wildman–Crippen MR) is 210 cm³/mol. The van der Waals surface area contributed by atoms with Crippen LogP contribution in [0.4, 0.5) is 0 Å². The van der Waals surface area contributed by atoms with Gasteiger partial charge in [-0.3, -0.25) is 4.79 Å². The number of hydrogen-bond donors (Lipinski definition) is 4. The first-order valence-electron chi connectivity index (χ1n) is 16.4. The van der Waals surface area contributed by atoms with Crippen molar-refractivity contribution in [1.82, 2.24) is 16.5 Å². The molecule has 1 aliphatic rings. The maximum Gasteiger partial charge on any atom is 0.303 e. The summed E-state index contributed by atoms with van der Waals surface area (Å²) in [6.45, 7) is 12.5. The van der Waals surface area contributed by atoms with E-state index >= 15 is 0 Å². The number of carboxylic acid groups (broad SMARTS) is 1. The van der Waals surface area contributed by atoms with Crippen LogP contribution in [0.5, 0.6) is 0 Å². The van der Waals surface area contributed by atoms with Gasteiger partial charge in [0.1, 0.15) is 0 Å². The van der Waals surface area contributed by atoms with Gasteiger partial charge in [-0.05, 0) is 91.5 Å². The first-order valence-corrected chi connectivity index (χ1v) is 17.9. The Kier molecular flexibility index (Phi) is 15.3. The molecule has 0 radical (unpaired) electrons. The lowest BCUT2D eigenvalue weighted by Gasteiger charge is -2.24. The summed E-state index contributed by atoms with van der Waals surface area (Å²) in [6.07, 6.45) is 11.7. The second-order valence-corrected chi connectivity index (χ2v) is 14.6. The van der Waals surface area contributed by atoms with E-state index in [1.165, 1.54) is 5.56 Å². The third kappa shape index (κ3) is 12.6. The van der Waals surface area contributed by atoms with E-state index in [1.807, 2.05) is 86.3 Å². The molecule has 3 aromatic carbocycles. The number of carboxylic acids is 1. The summed E-state index contributed by atoms with van der Waals surface area (Å²) in [6, 6.07) is 26.5. The molecule has 0 bridgehead atoms. The molecule has 0 spiro atoms. The first-order chi connectivity index (χ1) is 23.0. The number of nitrogens with one attached hydrogen (secondary N) is 1. The molecule has 1 heterocycles. The summed E-state index contributed by atoms with van der Waals surface area (Å²) in [5.74, 6) is 0.122. The van der Waals surface area contributed by atoms with Crippen LogP contribution in [0.3, 0.4) is 0 Å². The zero-order chi connectivity index (χ0) is 34.6. The highest BCUT2D eigenvalue weighted by Crippen LogP contribution is 2.53. The molecular formula is C41H50ClN3O3S. The Morgan fingerprint density at radius 3 is 2.41 bits per heavy atom. The van der Waals surface area contributed by atoms with Gasteiger partial charge in [0.2, 0.25) is 0 Å². The van der Waals surface area contributed by atoms with E-state index in [0.717, 1.165) is 77.8 Å². The second-order valence-electron chi connectivity index (χ2n) is 12.9. The third-order valence-corrected chi connectivity index (χ3v) is 10.3. The molecular weight excluding hydrogens is 650 g/mol. The monoisotopic (exact) mass is 699 g/mol. The summed E-state index contributed by atoms with van der Waals surface area (Å²) in [4.78, 5) is 16.2. The molecule has 5 rings (SSSR count). The summed E-state index contributed by atoms with van der Waals surface area (Å²) in [5.41, 5.74) is 5.15. The van der Waals surface area contributed by atoms with Crippen molar-refractivity contribution in [2.45, 2.75) is 56.8 Å². The van der Waals surface area contributed by atoms with Gasteiger partial charge < -0.3 is 21.7 Å². The van der Waals surface area contributed by atoms with E-state index in [-0.39, 0.29) is 23.2 Å². The number of fused-ring (bicyclic) bond motifs is 1. The van der Waals surface area contributed by atoms with Gasteiger partial charge >= 0.3 is 5.97 Å². The van der Waals surface area contributed by atoms with Gasteiger partial charge in [-0.25, -0.2) is 4.98 Å².